The zero-order valence-corrected chi connectivity index (χ0v) is 9.22. The monoisotopic (exact) mass is 289 g/mol. The Bertz CT molecular complexity index is 407. The molecule has 0 radical (unpaired) electrons. The molecule has 4 nitrogen and oxygen atoms in total. The molecular weight excluding hydrogens is 281 g/mol. The van der Waals surface area contributed by atoms with Crippen LogP contribution in [-0.4, -0.2) is 14.9 Å². The first-order chi connectivity index (χ1) is 6.31. The number of aromatic nitrogens is 3. The second kappa shape index (κ2) is 3.49. The number of aryl methyl sites for hydroxylation is 1. The highest BCUT2D eigenvalue weighted by molar-refractivity contribution is 14.1. The van der Waals surface area contributed by atoms with Crippen molar-refractivity contribution in [1.29, 1.82) is 0 Å². The molecule has 2 aromatic heterocycles. The van der Waals surface area contributed by atoms with Crippen LogP contribution < -0.4 is 0 Å². The predicted molar refractivity (Wildman–Crippen MR) is 56.1 cm³/mol. The third-order valence-corrected chi connectivity index (χ3v) is 2.51. The summed E-state index contributed by atoms with van der Waals surface area (Å²) in [5, 5.41) is 7.87. The fourth-order valence-electron chi connectivity index (χ4n) is 1.07. The summed E-state index contributed by atoms with van der Waals surface area (Å²) in [4.78, 5) is 0. The fourth-order valence-corrected chi connectivity index (χ4v) is 1.60. The van der Waals surface area contributed by atoms with Gasteiger partial charge in [-0.05, 0) is 29.5 Å². The average molecular weight is 289 g/mol. The highest BCUT2D eigenvalue weighted by atomic mass is 127. The summed E-state index contributed by atoms with van der Waals surface area (Å²) >= 11 is 2.19. The number of halogens is 1. The molecular formula is C8H8IN3O. The molecule has 0 aliphatic rings. The standard InChI is InChI=1S/C8H8IN3O/c1-2-12-5-6(3-10-12)8-7(9)4-11-13-8/h3-5H,2H2,1H3. The summed E-state index contributed by atoms with van der Waals surface area (Å²) in [6.45, 7) is 2.91. The molecule has 13 heavy (non-hydrogen) atoms. The van der Waals surface area contributed by atoms with Crippen LogP contribution >= 0.6 is 22.6 Å². The predicted octanol–water partition coefficient (Wildman–Crippen LogP) is 2.16. The number of hydrogen-bond donors (Lipinski definition) is 0. The van der Waals surface area contributed by atoms with Crippen LogP contribution in [0, 0.1) is 3.57 Å². The van der Waals surface area contributed by atoms with Crippen molar-refractivity contribution in [2.24, 2.45) is 0 Å². The van der Waals surface area contributed by atoms with Gasteiger partial charge in [-0.15, -0.1) is 0 Å². The van der Waals surface area contributed by atoms with Gasteiger partial charge in [0.15, 0.2) is 5.76 Å². The Morgan fingerprint density at radius 3 is 2.92 bits per heavy atom. The van der Waals surface area contributed by atoms with Gasteiger partial charge in [-0.1, -0.05) is 5.16 Å². The van der Waals surface area contributed by atoms with E-state index < -0.39 is 0 Å². The van der Waals surface area contributed by atoms with E-state index in [0.29, 0.717) is 0 Å². The quantitative estimate of drug-likeness (QED) is 0.796. The lowest BCUT2D eigenvalue weighted by Gasteiger charge is -1.90. The lowest BCUT2D eigenvalue weighted by Crippen LogP contribution is -1.91. The normalized spacial score (nSPS) is 10.6. The maximum absolute atomic E-state index is 5.10. The van der Waals surface area contributed by atoms with Gasteiger partial charge in [-0.25, -0.2) is 0 Å². The summed E-state index contributed by atoms with van der Waals surface area (Å²) in [6, 6.07) is 0. The smallest absolute Gasteiger partial charge is 0.183 e. The van der Waals surface area contributed by atoms with E-state index in [-0.39, 0.29) is 0 Å². The Balaban J connectivity index is 2.41. The van der Waals surface area contributed by atoms with Crippen LogP contribution in [0.5, 0.6) is 0 Å². The van der Waals surface area contributed by atoms with Gasteiger partial charge in [0.2, 0.25) is 0 Å². The van der Waals surface area contributed by atoms with Crippen molar-refractivity contribution in [1.82, 2.24) is 14.9 Å². The number of hydrogen-bond acceptors (Lipinski definition) is 3. The van der Waals surface area contributed by atoms with Gasteiger partial charge in [0, 0.05) is 12.7 Å². The topological polar surface area (TPSA) is 43.9 Å². The molecule has 2 heterocycles. The molecule has 0 aliphatic carbocycles. The first-order valence-corrected chi connectivity index (χ1v) is 5.02. The lowest BCUT2D eigenvalue weighted by atomic mass is 10.3. The molecule has 0 spiro atoms. The second-order valence-electron chi connectivity index (χ2n) is 2.59. The molecule has 0 unspecified atom stereocenters. The van der Waals surface area contributed by atoms with E-state index in [9.17, 15) is 0 Å². The number of rotatable bonds is 2. The second-order valence-corrected chi connectivity index (χ2v) is 3.75. The highest BCUT2D eigenvalue weighted by Gasteiger charge is 2.09. The van der Waals surface area contributed by atoms with Crippen LogP contribution in [0.1, 0.15) is 6.92 Å². The van der Waals surface area contributed by atoms with E-state index in [0.717, 1.165) is 21.4 Å². The fraction of sp³-hybridized carbons (Fsp3) is 0.250. The summed E-state index contributed by atoms with van der Waals surface area (Å²) in [6.07, 6.45) is 5.42. The molecule has 0 saturated carbocycles. The van der Waals surface area contributed by atoms with E-state index >= 15 is 0 Å². The Labute approximate surface area is 89.1 Å². The van der Waals surface area contributed by atoms with Gasteiger partial charge in [0.1, 0.15) is 0 Å². The van der Waals surface area contributed by atoms with E-state index in [1.54, 1.807) is 12.4 Å². The zero-order chi connectivity index (χ0) is 9.26. The minimum atomic E-state index is 0.792. The maximum Gasteiger partial charge on any atom is 0.183 e. The van der Waals surface area contributed by atoms with Crippen LogP contribution in [0.4, 0.5) is 0 Å². The van der Waals surface area contributed by atoms with Crippen LogP contribution in [-0.2, 0) is 6.54 Å². The summed E-state index contributed by atoms with van der Waals surface area (Å²) in [5.74, 6) is 0.792. The SMILES string of the molecule is CCn1cc(-c2oncc2I)cn1. The van der Waals surface area contributed by atoms with Crippen LogP contribution in [0.25, 0.3) is 11.3 Å². The molecule has 0 amide bonds. The zero-order valence-electron chi connectivity index (χ0n) is 7.07. The van der Waals surface area contributed by atoms with Crippen molar-refractivity contribution in [2.45, 2.75) is 13.5 Å². The first-order valence-electron chi connectivity index (χ1n) is 3.94. The molecule has 0 fully saturated rings. The molecule has 5 heteroatoms. The average Bonchev–Trinajstić information content (AvgIpc) is 2.71. The van der Waals surface area contributed by atoms with Gasteiger partial charge in [0.05, 0.1) is 21.5 Å². The van der Waals surface area contributed by atoms with E-state index in [4.69, 9.17) is 4.52 Å². The third-order valence-electron chi connectivity index (χ3n) is 1.75. The van der Waals surface area contributed by atoms with Gasteiger partial charge in [-0.3, -0.25) is 4.68 Å². The van der Waals surface area contributed by atoms with E-state index in [1.165, 1.54) is 0 Å². The largest absolute Gasteiger partial charge is 0.355 e. The third kappa shape index (κ3) is 1.60. The van der Waals surface area contributed by atoms with Crippen LogP contribution in [0.15, 0.2) is 23.1 Å². The lowest BCUT2D eigenvalue weighted by molar-refractivity contribution is 0.432. The van der Waals surface area contributed by atoms with Gasteiger partial charge in [0.25, 0.3) is 0 Å². The van der Waals surface area contributed by atoms with Crippen LogP contribution in [0.2, 0.25) is 0 Å². The van der Waals surface area contributed by atoms with Crippen LogP contribution in [0.3, 0.4) is 0 Å². The van der Waals surface area contributed by atoms with Gasteiger partial charge in [-0.2, -0.15) is 5.10 Å². The summed E-state index contributed by atoms with van der Waals surface area (Å²) < 4.78 is 7.96. The molecule has 0 aromatic carbocycles. The molecule has 0 saturated heterocycles. The Morgan fingerprint density at radius 1 is 1.54 bits per heavy atom. The van der Waals surface area contributed by atoms with E-state index in [1.807, 2.05) is 17.8 Å². The highest BCUT2D eigenvalue weighted by Crippen LogP contribution is 2.23. The van der Waals surface area contributed by atoms with Crippen molar-refractivity contribution in [3.05, 3.63) is 22.2 Å². The van der Waals surface area contributed by atoms with Gasteiger partial charge < -0.3 is 4.52 Å². The van der Waals surface area contributed by atoms with Crippen molar-refractivity contribution in [3.8, 4) is 11.3 Å². The van der Waals surface area contributed by atoms with Crippen molar-refractivity contribution in [2.75, 3.05) is 0 Å². The Kier molecular flexibility index (Phi) is 2.34. The summed E-state index contributed by atoms with van der Waals surface area (Å²) in [5.41, 5.74) is 0.976. The van der Waals surface area contributed by atoms with Crippen molar-refractivity contribution >= 4 is 22.6 Å². The molecule has 0 N–H and O–H groups in total. The minimum absolute atomic E-state index is 0.792. The molecule has 0 atom stereocenters. The van der Waals surface area contributed by atoms with Crippen molar-refractivity contribution < 1.29 is 4.52 Å². The number of nitrogens with zero attached hydrogens (tertiary/aromatic N) is 3. The first kappa shape index (κ1) is 8.74. The summed E-state index contributed by atoms with van der Waals surface area (Å²) in [7, 11) is 0. The van der Waals surface area contributed by atoms with Crippen molar-refractivity contribution in [3.63, 3.8) is 0 Å². The molecule has 2 rings (SSSR count). The minimum Gasteiger partial charge on any atom is -0.355 e. The Hall–Kier alpha value is -0.850. The molecule has 68 valence electrons. The van der Waals surface area contributed by atoms with Gasteiger partial charge >= 0.3 is 0 Å². The maximum atomic E-state index is 5.10. The Morgan fingerprint density at radius 2 is 2.38 bits per heavy atom. The molecule has 0 aliphatic heterocycles. The molecule has 2 aromatic rings. The molecule has 0 bridgehead atoms. The van der Waals surface area contributed by atoms with E-state index in [2.05, 4.69) is 32.8 Å².